The van der Waals surface area contributed by atoms with Crippen molar-refractivity contribution in [2.24, 2.45) is 5.41 Å². The summed E-state index contributed by atoms with van der Waals surface area (Å²) in [5, 5.41) is 17.3. The van der Waals surface area contributed by atoms with Crippen LogP contribution < -0.4 is 0 Å². The molecule has 1 aromatic rings. The smallest absolute Gasteiger partial charge is 0.314 e. The number of benzene rings is 1. The Balaban J connectivity index is 2.53. The summed E-state index contributed by atoms with van der Waals surface area (Å²) < 4.78 is 36.5. The van der Waals surface area contributed by atoms with Crippen LogP contribution in [0.15, 0.2) is 24.3 Å². The third-order valence-corrected chi connectivity index (χ3v) is 5.20. The van der Waals surface area contributed by atoms with Crippen molar-refractivity contribution < 1.29 is 27.8 Å². The number of hydrogen-bond donors (Lipinski definition) is 2. The Labute approximate surface area is 109 Å². The summed E-state index contributed by atoms with van der Waals surface area (Å²) >= 11 is 0. The highest BCUT2D eigenvalue weighted by molar-refractivity contribution is 7.91. The summed E-state index contributed by atoms with van der Waals surface area (Å²) in [6.07, 6.45) is 0.921. The zero-order valence-electron chi connectivity index (χ0n) is 10.1. The van der Waals surface area contributed by atoms with Crippen LogP contribution in [0.25, 0.3) is 0 Å². The molecule has 2 N–H and O–H groups in total. The first-order valence-electron chi connectivity index (χ1n) is 5.53. The van der Waals surface area contributed by atoms with Crippen LogP contribution in [0.3, 0.4) is 0 Å². The zero-order chi connectivity index (χ0) is 14.4. The summed E-state index contributed by atoms with van der Waals surface area (Å²) in [7, 11) is -3.67. The van der Waals surface area contributed by atoms with E-state index in [9.17, 15) is 27.8 Å². The SMILES string of the molecule is CS(=O)(=O)C1C(c2cccc(F)c2)C1(CO)C(=O)O. The summed E-state index contributed by atoms with van der Waals surface area (Å²) in [5.41, 5.74) is -1.51. The predicted molar refractivity (Wildman–Crippen MR) is 64.9 cm³/mol. The molecule has 5 nitrogen and oxygen atoms in total. The lowest BCUT2D eigenvalue weighted by Crippen LogP contribution is -2.27. The molecule has 0 radical (unpaired) electrons. The van der Waals surface area contributed by atoms with Gasteiger partial charge in [-0.1, -0.05) is 12.1 Å². The van der Waals surface area contributed by atoms with Gasteiger partial charge in [0.2, 0.25) is 0 Å². The molecule has 3 unspecified atom stereocenters. The van der Waals surface area contributed by atoms with Crippen molar-refractivity contribution in [2.45, 2.75) is 11.2 Å². The second kappa shape index (κ2) is 4.28. The molecule has 0 heterocycles. The second-order valence-corrected chi connectivity index (χ2v) is 6.95. The molecule has 7 heteroatoms. The van der Waals surface area contributed by atoms with Crippen LogP contribution >= 0.6 is 0 Å². The largest absolute Gasteiger partial charge is 0.481 e. The highest BCUT2D eigenvalue weighted by Crippen LogP contribution is 2.62. The lowest BCUT2D eigenvalue weighted by Gasteiger charge is -2.08. The highest BCUT2D eigenvalue weighted by Gasteiger charge is 2.74. The fourth-order valence-corrected chi connectivity index (χ4v) is 4.62. The summed E-state index contributed by atoms with van der Waals surface area (Å²) in [6.45, 7) is -0.804. The van der Waals surface area contributed by atoms with E-state index in [-0.39, 0.29) is 5.56 Å². The maximum atomic E-state index is 13.2. The fourth-order valence-electron chi connectivity index (χ4n) is 2.72. The molecule has 1 aliphatic carbocycles. The highest BCUT2D eigenvalue weighted by atomic mass is 32.2. The molecule has 1 aromatic carbocycles. The molecule has 0 bridgehead atoms. The molecule has 0 spiro atoms. The Bertz CT molecular complexity index is 627. The van der Waals surface area contributed by atoms with Crippen molar-refractivity contribution in [3.63, 3.8) is 0 Å². The number of rotatable bonds is 4. The van der Waals surface area contributed by atoms with Gasteiger partial charge in [0, 0.05) is 12.2 Å². The Morgan fingerprint density at radius 1 is 1.47 bits per heavy atom. The van der Waals surface area contributed by atoms with Gasteiger partial charge in [0.05, 0.1) is 11.9 Å². The Morgan fingerprint density at radius 3 is 2.47 bits per heavy atom. The van der Waals surface area contributed by atoms with E-state index >= 15 is 0 Å². The van der Waals surface area contributed by atoms with Crippen LogP contribution in [0.1, 0.15) is 11.5 Å². The predicted octanol–water partition coefficient (Wildman–Crippen LogP) is 0.399. The standard InChI is InChI=1S/C12H13FO5S/c1-19(17,18)10-9(12(10,6-14)11(15)16)7-3-2-4-8(13)5-7/h2-5,9-10,14H,6H2,1H3,(H,15,16). The quantitative estimate of drug-likeness (QED) is 0.836. The second-order valence-electron chi connectivity index (χ2n) is 4.79. The van der Waals surface area contributed by atoms with Crippen molar-refractivity contribution in [1.82, 2.24) is 0 Å². The first-order chi connectivity index (χ1) is 8.75. The normalized spacial score (nSPS) is 30.1. The van der Waals surface area contributed by atoms with E-state index in [2.05, 4.69) is 0 Å². The maximum Gasteiger partial charge on any atom is 0.314 e. The number of aliphatic carboxylic acids is 1. The minimum Gasteiger partial charge on any atom is -0.481 e. The van der Waals surface area contributed by atoms with Crippen molar-refractivity contribution in [2.75, 3.05) is 12.9 Å². The van der Waals surface area contributed by atoms with Crippen LogP contribution in [0, 0.1) is 11.2 Å². The topological polar surface area (TPSA) is 91.7 Å². The average Bonchev–Trinajstić information content (AvgIpc) is 2.99. The van der Waals surface area contributed by atoms with Crippen molar-refractivity contribution in [1.29, 1.82) is 0 Å². The molecule has 1 aliphatic rings. The molecule has 0 aliphatic heterocycles. The van der Waals surface area contributed by atoms with E-state index < -0.39 is 44.8 Å². The Morgan fingerprint density at radius 2 is 2.11 bits per heavy atom. The molecule has 0 amide bonds. The summed E-state index contributed by atoms with van der Waals surface area (Å²) in [4.78, 5) is 11.3. The van der Waals surface area contributed by atoms with Gasteiger partial charge in [0.1, 0.15) is 11.2 Å². The summed E-state index contributed by atoms with van der Waals surface area (Å²) in [5.74, 6) is -2.89. The van der Waals surface area contributed by atoms with E-state index in [0.29, 0.717) is 0 Å². The lowest BCUT2D eigenvalue weighted by molar-refractivity contribution is -0.145. The van der Waals surface area contributed by atoms with E-state index in [1.165, 1.54) is 18.2 Å². The molecule has 19 heavy (non-hydrogen) atoms. The zero-order valence-corrected chi connectivity index (χ0v) is 10.9. The number of aliphatic hydroxyl groups excluding tert-OH is 1. The Hall–Kier alpha value is -1.47. The van der Waals surface area contributed by atoms with Crippen LogP contribution in [0.5, 0.6) is 0 Å². The van der Waals surface area contributed by atoms with Gasteiger partial charge < -0.3 is 10.2 Å². The number of carbonyl (C=O) groups is 1. The van der Waals surface area contributed by atoms with E-state index in [1.807, 2.05) is 0 Å². The molecule has 3 atom stereocenters. The van der Waals surface area contributed by atoms with Crippen molar-refractivity contribution >= 4 is 15.8 Å². The first-order valence-corrected chi connectivity index (χ1v) is 7.49. The summed E-state index contributed by atoms with van der Waals surface area (Å²) in [6, 6.07) is 5.13. The minimum atomic E-state index is -3.67. The molecule has 0 aromatic heterocycles. The number of carboxylic acid groups (broad SMARTS) is 1. The fraction of sp³-hybridized carbons (Fsp3) is 0.417. The van der Waals surface area contributed by atoms with Gasteiger partial charge in [-0.3, -0.25) is 4.79 Å². The van der Waals surface area contributed by atoms with Gasteiger partial charge in [0.15, 0.2) is 9.84 Å². The molecular formula is C12H13FO5S. The number of hydrogen-bond acceptors (Lipinski definition) is 4. The third-order valence-electron chi connectivity index (χ3n) is 3.59. The van der Waals surface area contributed by atoms with Crippen LogP contribution in [0.4, 0.5) is 4.39 Å². The van der Waals surface area contributed by atoms with Crippen molar-refractivity contribution in [3.05, 3.63) is 35.6 Å². The van der Waals surface area contributed by atoms with Gasteiger partial charge in [-0.25, -0.2) is 12.8 Å². The monoisotopic (exact) mass is 288 g/mol. The minimum absolute atomic E-state index is 0.270. The first kappa shape index (κ1) is 14.0. The van der Waals surface area contributed by atoms with Gasteiger partial charge in [-0.15, -0.1) is 0 Å². The van der Waals surface area contributed by atoms with Crippen LogP contribution in [-0.4, -0.2) is 42.7 Å². The average molecular weight is 288 g/mol. The molecule has 104 valence electrons. The Kier molecular flexibility index (Phi) is 3.14. The molecular weight excluding hydrogens is 275 g/mol. The number of carboxylic acids is 1. The molecule has 2 rings (SSSR count). The molecule has 1 fully saturated rings. The van der Waals surface area contributed by atoms with Crippen LogP contribution in [-0.2, 0) is 14.6 Å². The van der Waals surface area contributed by atoms with Crippen LogP contribution in [0.2, 0.25) is 0 Å². The maximum absolute atomic E-state index is 13.2. The third kappa shape index (κ3) is 2.02. The molecule has 0 saturated heterocycles. The van der Waals surface area contributed by atoms with Gasteiger partial charge >= 0.3 is 5.97 Å². The van der Waals surface area contributed by atoms with Gasteiger partial charge in [-0.05, 0) is 17.7 Å². The lowest BCUT2D eigenvalue weighted by atomic mass is 10.00. The number of sulfone groups is 1. The number of aliphatic hydroxyl groups is 1. The molecule has 1 saturated carbocycles. The van der Waals surface area contributed by atoms with E-state index in [4.69, 9.17) is 0 Å². The van der Waals surface area contributed by atoms with Gasteiger partial charge in [0.25, 0.3) is 0 Å². The van der Waals surface area contributed by atoms with E-state index in [1.54, 1.807) is 0 Å². The number of halogens is 1. The van der Waals surface area contributed by atoms with E-state index in [0.717, 1.165) is 12.3 Å². The van der Waals surface area contributed by atoms with Crippen molar-refractivity contribution in [3.8, 4) is 0 Å². The van der Waals surface area contributed by atoms with Gasteiger partial charge in [-0.2, -0.15) is 0 Å².